The number of rotatable bonds is 6. The van der Waals surface area contributed by atoms with Gasteiger partial charge in [-0.3, -0.25) is 19.7 Å². The van der Waals surface area contributed by atoms with Crippen LogP contribution in [0.3, 0.4) is 0 Å². The largest absolute Gasteiger partial charge is 0.462 e. The Morgan fingerprint density at radius 2 is 1.71 bits per heavy atom. The first-order valence-electron chi connectivity index (χ1n) is 8.37. The van der Waals surface area contributed by atoms with Crippen molar-refractivity contribution in [2.24, 2.45) is 0 Å². The summed E-state index contributed by atoms with van der Waals surface area (Å²) in [5.74, 6) is -1.75. The van der Waals surface area contributed by atoms with E-state index in [0.29, 0.717) is 16.8 Å². The number of aryl methyl sites for hydroxylation is 1. The number of nitrogens with zero attached hydrogens (tertiary/aromatic N) is 1. The summed E-state index contributed by atoms with van der Waals surface area (Å²) in [6, 6.07) is 8.10. The fourth-order valence-electron chi connectivity index (χ4n) is 2.42. The summed E-state index contributed by atoms with van der Waals surface area (Å²) >= 11 is 0. The van der Waals surface area contributed by atoms with E-state index in [9.17, 15) is 24.5 Å². The molecule has 2 rings (SSSR count). The quantitative estimate of drug-likeness (QED) is 0.447. The summed E-state index contributed by atoms with van der Waals surface area (Å²) in [7, 11) is 1.49. The topological polar surface area (TPSA) is 128 Å². The van der Waals surface area contributed by atoms with E-state index in [1.165, 1.54) is 19.2 Å². The zero-order valence-electron chi connectivity index (χ0n) is 15.6. The molecule has 0 radical (unpaired) electrons. The number of esters is 1. The van der Waals surface area contributed by atoms with Gasteiger partial charge in [0.25, 0.3) is 17.5 Å². The molecule has 9 heteroatoms. The Labute approximate surface area is 160 Å². The predicted molar refractivity (Wildman–Crippen MR) is 102 cm³/mol. The maximum absolute atomic E-state index is 12.6. The summed E-state index contributed by atoms with van der Waals surface area (Å²) < 4.78 is 4.85. The normalized spacial score (nSPS) is 10.1. The van der Waals surface area contributed by atoms with Gasteiger partial charge in [0.05, 0.1) is 17.1 Å². The number of benzene rings is 2. The second kappa shape index (κ2) is 8.76. The van der Waals surface area contributed by atoms with Crippen molar-refractivity contribution in [1.29, 1.82) is 0 Å². The molecule has 0 spiro atoms. The van der Waals surface area contributed by atoms with Gasteiger partial charge in [-0.1, -0.05) is 6.07 Å². The molecule has 28 heavy (non-hydrogen) atoms. The average Bonchev–Trinajstić information content (AvgIpc) is 2.68. The fraction of sp³-hybridized carbons (Fsp3) is 0.211. The van der Waals surface area contributed by atoms with Crippen molar-refractivity contribution >= 4 is 29.2 Å². The van der Waals surface area contributed by atoms with Crippen LogP contribution in [0.1, 0.15) is 43.6 Å². The third kappa shape index (κ3) is 4.70. The molecule has 146 valence electrons. The lowest BCUT2D eigenvalue weighted by molar-refractivity contribution is -0.384. The molecule has 0 aromatic heterocycles. The summed E-state index contributed by atoms with van der Waals surface area (Å²) in [5, 5.41) is 16.3. The number of non-ortho nitro benzene ring substituents is 1. The minimum Gasteiger partial charge on any atom is -0.462 e. The molecule has 0 fully saturated rings. The van der Waals surface area contributed by atoms with E-state index in [1.54, 1.807) is 26.0 Å². The highest BCUT2D eigenvalue weighted by molar-refractivity contribution is 6.07. The van der Waals surface area contributed by atoms with Gasteiger partial charge in [-0.15, -0.1) is 0 Å². The van der Waals surface area contributed by atoms with Crippen LogP contribution in [-0.2, 0) is 4.74 Å². The van der Waals surface area contributed by atoms with E-state index in [-0.39, 0.29) is 23.6 Å². The van der Waals surface area contributed by atoms with Crippen LogP contribution in [0.5, 0.6) is 0 Å². The van der Waals surface area contributed by atoms with Crippen molar-refractivity contribution < 1.29 is 24.0 Å². The van der Waals surface area contributed by atoms with Crippen molar-refractivity contribution in [2.45, 2.75) is 13.8 Å². The molecule has 9 nitrogen and oxygen atoms in total. The smallest absolute Gasteiger partial charge is 0.338 e. The van der Waals surface area contributed by atoms with Gasteiger partial charge >= 0.3 is 5.97 Å². The van der Waals surface area contributed by atoms with Crippen molar-refractivity contribution in [3.8, 4) is 0 Å². The Morgan fingerprint density at radius 1 is 1.04 bits per heavy atom. The number of nitro groups is 1. The first-order valence-corrected chi connectivity index (χ1v) is 8.37. The second-order valence-electron chi connectivity index (χ2n) is 5.81. The molecule has 0 aliphatic rings. The van der Waals surface area contributed by atoms with E-state index in [4.69, 9.17) is 4.74 Å². The maximum Gasteiger partial charge on any atom is 0.338 e. The molecule has 0 aliphatic heterocycles. The zero-order chi connectivity index (χ0) is 20.8. The molecule has 0 atom stereocenters. The molecule has 0 saturated heterocycles. The Bertz CT molecular complexity index is 955. The van der Waals surface area contributed by atoms with Gasteiger partial charge in [0.1, 0.15) is 0 Å². The first-order chi connectivity index (χ1) is 13.3. The zero-order valence-corrected chi connectivity index (χ0v) is 15.6. The highest BCUT2D eigenvalue weighted by Crippen LogP contribution is 2.22. The van der Waals surface area contributed by atoms with E-state index in [0.717, 1.165) is 12.1 Å². The number of carbonyl (C=O) groups is 3. The molecular formula is C19H19N3O6. The highest BCUT2D eigenvalue weighted by Gasteiger charge is 2.19. The number of ether oxygens (including phenoxy) is 1. The monoisotopic (exact) mass is 385 g/mol. The molecule has 2 amide bonds. The van der Waals surface area contributed by atoms with Crippen LogP contribution in [0.2, 0.25) is 0 Å². The van der Waals surface area contributed by atoms with Crippen molar-refractivity contribution in [3.63, 3.8) is 0 Å². The number of nitro benzene ring substituents is 1. The number of amides is 2. The molecule has 2 aromatic carbocycles. The summed E-state index contributed by atoms with van der Waals surface area (Å²) in [5.41, 5.74) is 0.813. The molecule has 0 aliphatic carbocycles. The van der Waals surface area contributed by atoms with Gasteiger partial charge in [-0.2, -0.15) is 0 Å². The Hall–Kier alpha value is -3.75. The average molecular weight is 385 g/mol. The number of hydrogen-bond acceptors (Lipinski definition) is 6. The fourth-order valence-corrected chi connectivity index (χ4v) is 2.42. The van der Waals surface area contributed by atoms with E-state index < -0.39 is 22.5 Å². The van der Waals surface area contributed by atoms with Gasteiger partial charge in [-0.05, 0) is 37.6 Å². The van der Waals surface area contributed by atoms with Gasteiger partial charge in [-0.25, -0.2) is 4.79 Å². The molecule has 0 heterocycles. The van der Waals surface area contributed by atoms with E-state index in [1.807, 2.05) is 0 Å². The highest BCUT2D eigenvalue weighted by atomic mass is 16.6. The number of carbonyl (C=O) groups excluding carboxylic acids is 3. The lowest BCUT2D eigenvalue weighted by atomic mass is 10.1. The number of anilines is 1. The van der Waals surface area contributed by atoms with Gasteiger partial charge < -0.3 is 15.4 Å². The van der Waals surface area contributed by atoms with E-state index >= 15 is 0 Å². The van der Waals surface area contributed by atoms with Crippen LogP contribution >= 0.6 is 0 Å². The van der Waals surface area contributed by atoms with Gasteiger partial charge in [0.15, 0.2) is 0 Å². The lowest BCUT2D eigenvalue weighted by Gasteiger charge is -2.11. The molecule has 2 N–H and O–H groups in total. The summed E-state index contributed by atoms with van der Waals surface area (Å²) in [6.45, 7) is 3.43. The molecule has 0 bridgehead atoms. The SMILES string of the molecule is CCOC(=O)c1cc(C(=O)Nc2cc(C(=O)NC)ccc2C)cc([N+](=O)[O-])c1. The second-order valence-corrected chi connectivity index (χ2v) is 5.81. The Kier molecular flexibility index (Phi) is 6.43. The summed E-state index contributed by atoms with van der Waals surface area (Å²) in [4.78, 5) is 46.8. The third-order valence-corrected chi connectivity index (χ3v) is 3.88. The number of hydrogen-bond donors (Lipinski definition) is 2. The van der Waals surface area contributed by atoms with Crippen LogP contribution in [0, 0.1) is 17.0 Å². The van der Waals surface area contributed by atoms with Crippen molar-refractivity contribution in [3.05, 3.63) is 68.8 Å². The minimum absolute atomic E-state index is 0.0815. The Morgan fingerprint density at radius 3 is 2.32 bits per heavy atom. The Balaban J connectivity index is 2.40. The molecule has 0 saturated carbocycles. The van der Waals surface area contributed by atoms with Crippen LogP contribution < -0.4 is 10.6 Å². The summed E-state index contributed by atoms with van der Waals surface area (Å²) in [6.07, 6.45) is 0. The van der Waals surface area contributed by atoms with E-state index in [2.05, 4.69) is 10.6 Å². The van der Waals surface area contributed by atoms with Crippen LogP contribution in [0.4, 0.5) is 11.4 Å². The molecular weight excluding hydrogens is 366 g/mol. The predicted octanol–water partition coefficient (Wildman–Crippen LogP) is 2.69. The lowest BCUT2D eigenvalue weighted by Crippen LogP contribution is -2.19. The van der Waals surface area contributed by atoms with Gasteiger partial charge in [0, 0.05) is 36.0 Å². The van der Waals surface area contributed by atoms with Crippen LogP contribution in [0.15, 0.2) is 36.4 Å². The molecule has 2 aromatic rings. The van der Waals surface area contributed by atoms with Crippen molar-refractivity contribution in [1.82, 2.24) is 5.32 Å². The van der Waals surface area contributed by atoms with Crippen molar-refractivity contribution in [2.75, 3.05) is 19.0 Å². The standard InChI is InChI=1S/C19H19N3O6/c1-4-28-19(25)14-7-13(8-15(9-14)22(26)27)18(24)21-16-10-12(17(23)20-3)6-5-11(16)2/h5-10H,4H2,1-3H3,(H,20,23)(H,21,24). The minimum atomic E-state index is -0.766. The van der Waals surface area contributed by atoms with Crippen LogP contribution in [0.25, 0.3) is 0 Å². The maximum atomic E-state index is 12.6. The first kappa shape index (κ1) is 20.6. The van der Waals surface area contributed by atoms with Crippen LogP contribution in [-0.4, -0.2) is 36.4 Å². The van der Waals surface area contributed by atoms with Gasteiger partial charge in [0.2, 0.25) is 0 Å². The molecule has 0 unspecified atom stereocenters. The number of nitrogens with one attached hydrogen (secondary N) is 2. The third-order valence-electron chi connectivity index (χ3n) is 3.88.